The third-order valence-electron chi connectivity index (χ3n) is 16.1. The molecule has 10 aromatic carbocycles. The van der Waals surface area contributed by atoms with E-state index in [0.29, 0.717) is 0 Å². The fourth-order valence-electron chi connectivity index (χ4n) is 12.6. The van der Waals surface area contributed by atoms with Gasteiger partial charge in [0.2, 0.25) is 0 Å². The zero-order valence-electron chi connectivity index (χ0n) is 40.9. The van der Waals surface area contributed by atoms with Crippen LogP contribution in [0.4, 0.5) is 17.1 Å². The summed E-state index contributed by atoms with van der Waals surface area (Å²) in [5.74, 6) is 0. The van der Waals surface area contributed by atoms with Crippen molar-refractivity contribution >= 4 is 38.9 Å². The Morgan fingerprint density at radius 1 is 0.366 bits per heavy atom. The van der Waals surface area contributed by atoms with E-state index in [2.05, 4.69) is 280 Å². The quantitative estimate of drug-likeness (QED) is 0.147. The van der Waals surface area contributed by atoms with Crippen LogP contribution in [0.1, 0.15) is 73.9 Å². The van der Waals surface area contributed by atoms with Gasteiger partial charge in [-0.05, 0) is 146 Å². The van der Waals surface area contributed by atoms with Crippen LogP contribution in [0.15, 0.2) is 243 Å². The molecule has 2 aliphatic carbocycles. The lowest BCUT2D eigenvalue weighted by Crippen LogP contribution is -2.34. The lowest BCUT2D eigenvalue weighted by Gasteiger charge is -2.43. The Balaban J connectivity index is 1.13. The zero-order chi connectivity index (χ0) is 47.9. The van der Waals surface area contributed by atoms with E-state index in [0.717, 1.165) is 35.6 Å². The predicted molar refractivity (Wildman–Crippen MR) is 299 cm³/mol. The minimum Gasteiger partial charge on any atom is -0.310 e. The SMILES string of the molecule is CC1(C)CCC(C)(C)c2c(-c3cc4c(cc3N(c3ccc(-c5ccccc5)cc3)c3ccc(-n5c6ccccc6c6ccccc65)cc3)C(c3ccccc3)(c3ccccc3)c3ccccc3-4)cccc21. The van der Waals surface area contributed by atoms with Crippen LogP contribution in [0.25, 0.3) is 60.9 Å². The van der Waals surface area contributed by atoms with Gasteiger partial charge in [-0.2, -0.15) is 0 Å². The van der Waals surface area contributed by atoms with Crippen LogP contribution in [0, 0.1) is 0 Å². The van der Waals surface area contributed by atoms with Crippen molar-refractivity contribution in [3.05, 3.63) is 276 Å². The van der Waals surface area contributed by atoms with Gasteiger partial charge in [-0.3, -0.25) is 0 Å². The smallest absolute Gasteiger partial charge is 0.0714 e. The first-order valence-electron chi connectivity index (χ1n) is 25.3. The Morgan fingerprint density at radius 3 is 1.49 bits per heavy atom. The van der Waals surface area contributed by atoms with Gasteiger partial charge in [-0.1, -0.05) is 210 Å². The number of nitrogens with zero attached hydrogens (tertiary/aromatic N) is 2. The second-order valence-corrected chi connectivity index (χ2v) is 21.1. The number of hydrogen-bond donors (Lipinski definition) is 0. The molecule has 1 heterocycles. The van der Waals surface area contributed by atoms with Crippen LogP contribution in [-0.2, 0) is 16.2 Å². The molecule has 2 heteroatoms. The van der Waals surface area contributed by atoms with Crippen LogP contribution >= 0.6 is 0 Å². The van der Waals surface area contributed by atoms with Gasteiger partial charge in [0.05, 0.1) is 22.1 Å². The molecule has 0 fully saturated rings. The average molecular weight is 913 g/mol. The molecule has 0 aliphatic heterocycles. The minimum atomic E-state index is -0.581. The first-order valence-corrected chi connectivity index (χ1v) is 25.3. The van der Waals surface area contributed by atoms with Gasteiger partial charge in [0, 0.05) is 33.4 Å². The third-order valence-corrected chi connectivity index (χ3v) is 16.1. The van der Waals surface area contributed by atoms with E-state index in [1.54, 1.807) is 0 Å². The number of benzene rings is 10. The molecule has 71 heavy (non-hydrogen) atoms. The van der Waals surface area contributed by atoms with E-state index in [9.17, 15) is 0 Å². The summed E-state index contributed by atoms with van der Waals surface area (Å²) in [5.41, 5.74) is 21.8. The Morgan fingerprint density at radius 2 is 0.859 bits per heavy atom. The lowest BCUT2D eigenvalue weighted by atomic mass is 9.61. The standard InChI is InChI=1S/C69H56N2/c1-67(2)43-44-68(3,4)66-57(30-20-32-61(66)67)59-45-58-54-27-14-17-31-60(54)69(49-23-10-6-11-24-49,50-25-12-7-13-26-50)62(58)46-65(59)70(51-37-35-48(36-38-51)47-21-8-5-9-22-47)52-39-41-53(42-40-52)71-63-33-18-15-28-55(63)56-29-16-19-34-64(56)71/h5-42,45-46H,43-44H2,1-4H3. The number of fused-ring (bicyclic) bond motifs is 7. The highest BCUT2D eigenvalue weighted by atomic mass is 15.1. The zero-order valence-corrected chi connectivity index (χ0v) is 40.9. The van der Waals surface area contributed by atoms with E-state index in [1.165, 1.54) is 88.6 Å². The van der Waals surface area contributed by atoms with Crippen LogP contribution in [0.3, 0.4) is 0 Å². The molecule has 0 atom stereocenters. The first-order chi connectivity index (χ1) is 34.7. The van der Waals surface area contributed by atoms with Crippen molar-refractivity contribution in [2.24, 2.45) is 0 Å². The maximum atomic E-state index is 2.58. The normalized spacial score (nSPS) is 15.0. The van der Waals surface area contributed by atoms with Gasteiger partial charge in [0.25, 0.3) is 0 Å². The summed E-state index contributed by atoms with van der Waals surface area (Å²) in [7, 11) is 0. The number of hydrogen-bond acceptors (Lipinski definition) is 1. The van der Waals surface area contributed by atoms with Crippen LogP contribution in [0.2, 0.25) is 0 Å². The summed E-state index contributed by atoms with van der Waals surface area (Å²) in [6.07, 6.45) is 2.27. The molecule has 0 amide bonds. The second kappa shape index (κ2) is 16.5. The molecule has 0 N–H and O–H groups in total. The Bertz CT molecular complexity index is 3690. The van der Waals surface area contributed by atoms with Crippen molar-refractivity contribution < 1.29 is 0 Å². The van der Waals surface area contributed by atoms with Crippen molar-refractivity contribution in [1.29, 1.82) is 0 Å². The topological polar surface area (TPSA) is 8.17 Å². The summed E-state index contributed by atoms with van der Waals surface area (Å²) < 4.78 is 2.42. The molecule has 2 nitrogen and oxygen atoms in total. The highest BCUT2D eigenvalue weighted by Crippen LogP contribution is 2.60. The van der Waals surface area contributed by atoms with Crippen molar-refractivity contribution in [2.75, 3.05) is 4.90 Å². The lowest BCUT2D eigenvalue weighted by molar-refractivity contribution is 0.333. The maximum Gasteiger partial charge on any atom is 0.0714 e. The maximum absolute atomic E-state index is 2.58. The summed E-state index contributed by atoms with van der Waals surface area (Å²) in [4.78, 5) is 2.55. The monoisotopic (exact) mass is 912 g/mol. The van der Waals surface area contributed by atoms with Gasteiger partial charge in [-0.15, -0.1) is 0 Å². The molecule has 0 saturated carbocycles. The van der Waals surface area contributed by atoms with Gasteiger partial charge in [0.1, 0.15) is 0 Å². The molecule has 0 spiro atoms. The predicted octanol–water partition coefficient (Wildman–Crippen LogP) is 18.3. The van der Waals surface area contributed by atoms with Crippen molar-refractivity contribution in [2.45, 2.75) is 56.8 Å². The van der Waals surface area contributed by atoms with E-state index in [4.69, 9.17) is 0 Å². The van der Waals surface area contributed by atoms with E-state index in [-0.39, 0.29) is 10.8 Å². The summed E-state index contributed by atoms with van der Waals surface area (Å²) in [6, 6.07) is 90.7. The number of anilines is 3. The van der Waals surface area contributed by atoms with E-state index < -0.39 is 5.41 Å². The number of rotatable bonds is 8. The molecule has 11 aromatic rings. The van der Waals surface area contributed by atoms with Crippen LogP contribution in [-0.4, -0.2) is 4.57 Å². The summed E-state index contributed by atoms with van der Waals surface area (Å²) in [5, 5.41) is 2.52. The second-order valence-electron chi connectivity index (χ2n) is 21.1. The molecular formula is C69H56N2. The van der Waals surface area contributed by atoms with Gasteiger partial charge in [-0.25, -0.2) is 0 Å². The number of para-hydroxylation sites is 2. The van der Waals surface area contributed by atoms with Crippen molar-refractivity contribution in [3.63, 3.8) is 0 Å². The highest BCUT2D eigenvalue weighted by Gasteiger charge is 2.47. The largest absolute Gasteiger partial charge is 0.310 e. The van der Waals surface area contributed by atoms with Crippen LogP contribution < -0.4 is 4.90 Å². The minimum absolute atomic E-state index is 0.0374. The molecule has 1 aromatic heterocycles. The molecule has 0 unspecified atom stereocenters. The Kier molecular flexibility index (Phi) is 9.94. The van der Waals surface area contributed by atoms with E-state index in [1.807, 2.05) is 0 Å². The highest BCUT2D eigenvalue weighted by molar-refractivity contribution is 6.09. The third kappa shape index (κ3) is 6.69. The molecule has 13 rings (SSSR count). The van der Waals surface area contributed by atoms with E-state index >= 15 is 0 Å². The molecule has 2 aliphatic rings. The van der Waals surface area contributed by atoms with Gasteiger partial charge in [0.15, 0.2) is 0 Å². The molecule has 342 valence electrons. The average Bonchev–Trinajstić information content (AvgIpc) is 3.91. The Labute approximate surface area is 418 Å². The van der Waals surface area contributed by atoms with Crippen LogP contribution in [0.5, 0.6) is 0 Å². The number of aromatic nitrogens is 1. The summed E-state index contributed by atoms with van der Waals surface area (Å²) >= 11 is 0. The van der Waals surface area contributed by atoms with Gasteiger partial charge < -0.3 is 9.47 Å². The fraction of sp³-hybridized carbons (Fsp3) is 0.130. The fourth-order valence-corrected chi connectivity index (χ4v) is 12.6. The Hall–Kier alpha value is -8.20. The summed E-state index contributed by atoms with van der Waals surface area (Å²) in [6.45, 7) is 9.82. The first kappa shape index (κ1) is 42.9. The molecule has 0 radical (unpaired) electrons. The van der Waals surface area contributed by atoms with Crippen molar-refractivity contribution in [3.8, 4) is 39.1 Å². The molecule has 0 bridgehead atoms. The van der Waals surface area contributed by atoms with Gasteiger partial charge >= 0.3 is 0 Å². The molecular weight excluding hydrogens is 857 g/mol. The molecule has 0 saturated heterocycles. The van der Waals surface area contributed by atoms with Crippen molar-refractivity contribution in [1.82, 2.24) is 4.57 Å².